The van der Waals surface area contributed by atoms with Gasteiger partial charge in [-0.1, -0.05) is 12.1 Å². The summed E-state index contributed by atoms with van der Waals surface area (Å²) in [5.41, 5.74) is 2.15. The van der Waals surface area contributed by atoms with Gasteiger partial charge in [-0.25, -0.2) is 4.98 Å². The molecule has 0 bridgehead atoms. The molecule has 13 heavy (non-hydrogen) atoms. The van der Waals surface area contributed by atoms with Crippen molar-refractivity contribution >= 4 is 11.0 Å². The maximum atomic E-state index is 5.15. The molecule has 1 unspecified atom stereocenters. The lowest BCUT2D eigenvalue weighted by molar-refractivity contribution is 0.405. The summed E-state index contributed by atoms with van der Waals surface area (Å²) in [5.74, 6) is 1.03. The predicted molar refractivity (Wildman–Crippen MR) is 49.5 cm³/mol. The minimum atomic E-state index is 0.403. The van der Waals surface area contributed by atoms with Gasteiger partial charge >= 0.3 is 0 Å². The van der Waals surface area contributed by atoms with Crippen LogP contribution in [0, 0.1) is 0 Å². The number of aromatic amines is 1. The summed E-state index contributed by atoms with van der Waals surface area (Å²) in [6, 6.07) is 8.07. The molecule has 3 heteroatoms. The number of epoxide rings is 1. The summed E-state index contributed by atoms with van der Waals surface area (Å²) >= 11 is 0. The number of para-hydroxylation sites is 2. The van der Waals surface area contributed by atoms with E-state index < -0.39 is 0 Å². The Labute approximate surface area is 75.7 Å². The van der Waals surface area contributed by atoms with E-state index in [1.165, 1.54) is 0 Å². The Hall–Kier alpha value is -1.35. The number of imidazole rings is 1. The fraction of sp³-hybridized carbons (Fsp3) is 0.300. The Morgan fingerprint density at radius 1 is 1.46 bits per heavy atom. The second-order valence-electron chi connectivity index (χ2n) is 3.36. The normalized spacial score (nSPS) is 20.8. The van der Waals surface area contributed by atoms with E-state index in [9.17, 15) is 0 Å². The quantitative estimate of drug-likeness (QED) is 0.701. The van der Waals surface area contributed by atoms with Crippen molar-refractivity contribution in [1.29, 1.82) is 0 Å². The molecular formula is C10H10N2O. The molecule has 0 radical (unpaired) electrons. The number of hydrogen-bond acceptors (Lipinski definition) is 2. The molecule has 3 nitrogen and oxygen atoms in total. The molecule has 0 saturated carbocycles. The monoisotopic (exact) mass is 174 g/mol. The van der Waals surface area contributed by atoms with Crippen LogP contribution in [0.1, 0.15) is 5.82 Å². The van der Waals surface area contributed by atoms with Crippen LogP contribution in [0.2, 0.25) is 0 Å². The third-order valence-electron chi connectivity index (χ3n) is 2.26. The summed E-state index contributed by atoms with van der Waals surface area (Å²) in [5, 5.41) is 0. The fourth-order valence-corrected chi connectivity index (χ4v) is 1.50. The maximum absolute atomic E-state index is 5.15. The Morgan fingerprint density at radius 2 is 2.31 bits per heavy atom. The number of H-pyrrole nitrogens is 1. The third kappa shape index (κ3) is 1.31. The van der Waals surface area contributed by atoms with Crippen molar-refractivity contribution in [2.75, 3.05) is 6.61 Å². The number of ether oxygens (including phenoxy) is 1. The van der Waals surface area contributed by atoms with Crippen molar-refractivity contribution in [1.82, 2.24) is 9.97 Å². The third-order valence-corrected chi connectivity index (χ3v) is 2.26. The molecule has 1 aliphatic heterocycles. The van der Waals surface area contributed by atoms with Crippen LogP contribution in [0.5, 0.6) is 0 Å². The van der Waals surface area contributed by atoms with E-state index in [0.29, 0.717) is 6.10 Å². The molecule has 2 heterocycles. The molecule has 0 amide bonds. The Bertz CT molecular complexity index is 398. The van der Waals surface area contributed by atoms with Gasteiger partial charge in [0.1, 0.15) is 5.82 Å². The summed E-state index contributed by atoms with van der Waals surface area (Å²) in [4.78, 5) is 7.73. The highest BCUT2D eigenvalue weighted by atomic mass is 16.6. The van der Waals surface area contributed by atoms with Gasteiger partial charge in [0, 0.05) is 6.42 Å². The molecule has 2 aromatic rings. The topological polar surface area (TPSA) is 41.2 Å². The Morgan fingerprint density at radius 3 is 3.08 bits per heavy atom. The molecule has 1 fully saturated rings. The zero-order valence-corrected chi connectivity index (χ0v) is 7.16. The minimum Gasteiger partial charge on any atom is -0.373 e. The zero-order chi connectivity index (χ0) is 8.67. The average Bonchev–Trinajstić information content (AvgIpc) is 2.85. The molecule has 3 rings (SSSR count). The van der Waals surface area contributed by atoms with Crippen LogP contribution in [-0.4, -0.2) is 22.7 Å². The van der Waals surface area contributed by atoms with E-state index in [2.05, 4.69) is 9.97 Å². The first kappa shape index (κ1) is 7.09. The number of nitrogens with one attached hydrogen (secondary N) is 1. The van der Waals surface area contributed by atoms with E-state index in [-0.39, 0.29) is 0 Å². The molecule has 0 aliphatic carbocycles. The lowest BCUT2D eigenvalue weighted by Gasteiger charge is -1.87. The summed E-state index contributed by atoms with van der Waals surface area (Å²) in [6.07, 6.45) is 1.31. The van der Waals surface area contributed by atoms with Gasteiger partial charge in [0.2, 0.25) is 0 Å². The van der Waals surface area contributed by atoms with Crippen molar-refractivity contribution < 1.29 is 4.74 Å². The molecule has 66 valence electrons. The maximum Gasteiger partial charge on any atom is 0.109 e. The van der Waals surface area contributed by atoms with Crippen molar-refractivity contribution in [2.45, 2.75) is 12.5 Å². The van der Waals surface area contributed by atoms with Crippen molar-refractivity contribution in [3.05, 3.63) is 30.1 Å². The first-order chi connectivity index (χ1) is 6.42. The van der Waals surface area contributed by atoms with Gasteiger partial charge in [0.05, 0.1) is 23.7 Å². The van der Waals surface area contributed by atoms with E-state index >= 15 is 0 Å². The summed E-state index contributed by atoms with van der Waals surface area (Å²) in [7, 11) is 0. The Kier molecular flexibility index (Phi) is 1.40. The zero-order valence-electron chi connectivity index (χ0n) is 7.16. The smallest absolute Gasteiger partial charge is 0.109 e. The highest BCUT2D eigenvalue weighted by molar-refractivity contribution is 5.74. The van der Waals surface area contributed by atoms with Crippen molar-refractivity contribution in [3.8, 4) is 0 Å². The standard InChI is InChI=1S/C10H10N2O/c1-2-4-9-8(3-1)11-10(12-9)5-7-6-13-7/h1-4,7H,5-6H2,(H,11,12). The highest BCUT2D eigenvalue weighted by Crippen LogP contribution is 2.17. The number of rotatable bonds is 2. The van der Waals surface area contributed by atoms with Crippen LogP contribution >= 0.6 is 0 Å². The SMILES string of the molecule is c1ccc2[nH]c(CC3CO3)nc2c1. The van der Waals surface area contributed by atoms with Gasteiger partial charge in [0.15, 0.2) is 0 Å². The van der Waals surface area contributed by atoms with Crippen molar-refractivity contribution in [2.24, 2.45) is 0 Å². The number of fused-ring (bicyclic) bond motifs is 1. The van der Waals surface area contributed by atoms with E-state index in [1.807, 2.05) is 24.3 Å². The summed E-state index contributed by atoms with van der Waals surface area (Å²) in [6.45, 7) is 0.886. The van der Waals surface area contributed by atoms with Crippen LogP contribution in [0.15, 0.2) is 24.3 Å². The fourth-order valence-electron chi connectivity index (χ4n) is 1.50. The van der Waals surface area contributed by atoms with Crippen molar-refractivity contribution in [3.63, 3.8) is 0 Å². The van der Waals surface area contributed by atoms with Gasteiger partial charge in [-0.2, -0.15) is 0 Å². The predicted octanol–water partition coefficient (Wildman–Crippen LogP) is 1.50. The molecule has 1 atom stereocenters. The van der Waals surface area contributed by atoms with Crippen LogP contribution in [0.3, 0.4) is 0 Å². The average molecular weight is 174 g/mol. The second-order valence-corrected chi connectivity index (χ2v) is 3.36. The highest BCUT2D eigenvalue weighted by Gasteiger charge is 2.23. The number of nitrogens with zero attached hydrogens (tertiary/aromatic N) is 1. The van der Waals surface area contributed by atoms with Crippen LogP contribution in [0.4, 0.5) is 0 Å². The molecule has 1 saturated heterocycles. The minimum absolute atomic E-state index is 0.403. The number of hydrogen-bond donors (Lipinski definition) is 1. The van der Waals surface area contributed by atoms with Gasteiger partial charge in [-0.05, 0) is 12.1 Å². The first-order valence-corrected chi connectivity index (χ1v) is 4.47. The molecule has 1 aliphatic rings. The number of benzene rings is 1. The van der Waals surface area contributed by atoms with Gasteiger partial charge in [-0.15, -0.1) is 0 Å². The molecular weight excluding hydrogens is 164 g/mol. The van der Waals surface area contributed by atoms with Crippen LogP contribution in [0.25, 0.3) is 11.0 Å². The lowest BCUT2D eigenvalue weighted by atomic mass is 10.3. The van der Waals surface area contributed by atoms with E-state index in [4.69, 9.17) is 4.74 Å². The summed E-state index contributed by atoms with van der Waals surface area (Å²) < 4.78 is 5.15. The molecule has 1 aromatic heterocycles. The van der Waals surface area contributed by atoms with E-state index in [0.717, 1.165) is 29.9 Å². The van der Waals surface area contributed by atoms with Gasteiger partial charge in [-0.3, -0.25) is 0 Å². The molecule has 1 aromatic carbocycles. The number of aromatic nitrogens is 2. The molecule has 1 N–H and O–H groups in total. The first-order valence-electron chi connectivity index (χ1n) is 4.47. The largest absolute Gasteiger partial charge is 0.373 e. The molecule has 0 spiro atoms. The lowest BCUT2D eigenvalue weighted by Crippen LogP contribution is -1.94. The van der Waals surface area contributed by atoms with Crippen LogP contribution in [-0.2, 0) is 11.2 Å². The van der Waals surface area contributed by atoms with Crippen LogP contribution < -0.4 is 0 Å². The van der Waals surface area contributed by atoms with E-state index in [1.54, 1.807) is 0 Å². The Balaban J connectivity index is 2.00. The van der Waals surface area contributed by atoms with Gasteiger partial charge < -0.3 is 9.72 Å². The van der Waals surface area contributed by atoms with Gasteiger partial charge in [0.25, 0.3) is 0 Å². The second kappa shape index (κ2) is 2.57.